The number of carbonyl (C=O) groups is 2. The summed E-state index contributed by atoms with van der Waals surface area (Å²) in [7, 11) is 1.27. The Hall–Kier alpha value is -2.83. The highest BCUT2D eigenvalue weighted by atomic mass is 19.1. The van der Waals surface area contributed by atoms with Crippen molar-refractivity contribution in [3.05, 3.63) is 53.3 Å². The minimum atomic E-state index is -1.10. The van der Waals surface area contributed by atoms with Gasteiger partial charge in [-0.1, -0.05) is 18.2 Å². The summed E-state index contributed by atoms with van der Waals surface area (Å²) in [5, 5.41) is 2.56. The van der Waals surface area contributed by atoms with E-state index in [4.69, 9.17) is 0 Å². The quantitative estimate of drug-likeness (QED) is 0.896. The summed E-state index contributed by atoms with van der Waals surface area (Å²) in [5.74, 6) is -0.220. The van der Waals surface area contributed by atoms with E-state index in [-0.39, 0.29) is 25.4 Å². The lowest BCUT2D eigenvalue weighted by molar-refractivity contribution is 0.0725. The molecule has 144 valence electrons. The van der Waals surface area contributed by atoms with Gasteiger partial charge in [0, 0.05) is 30.0 Å². The molecule has 1 aliphatic rings. The number of aromatic nitrogens is 1. The maximum absolute atomic E-state index is 14.0. The topological polar surface area (TPSA) is 63.6 Å². The van der Waals surface area contributed by atoms with Gasteiger partial charge in [-0.25, -0.2) is 9.18 Å². The number of methoxy groups -OCH3 is 1. The lowest BCUT2D eigenvalue weighted by atomic mass is 10.1. The summed E-state index contributed by atoms with van der Waals surface area (Å²) in [5.41, 5.74) is 3.27. The minimum Gasteiger partial charge on any atom is -0.453 e. The van der Waals surface area contributed by atoms with Gasteiger partial charge in [-0.05, 0) is 32.0 Å². The molecule has 1 N–H and O–H groups in total. The van der Waals surface area contributed by atoms with Gasteiger partial charge >= 0.3 is 6.09 Å². The fourth-order valence-electron chi connectivity index (χ4n) is 3.68. The largest absolute Gasteiger partial charge is 0.453 e. The molecule has 1 fully saturated rings. The Morgan fingerprint density at radius 1 is 1.26 bits per heavy atom. The maximum atomic E-state index is 14.0. The van der Waals surface area contributed by atoms with E-state index >= 15 is 0 Å². The fraction of sp³-hybridized carbons (Fsp3) is 0.400. The first-order valence-electron chi connectivity index (χ1n) is 8.93. The number of hydrogen-bond donors (Lipinski definition) is 1. The van der Waals surface area contributed by atoms with E-state index in [1.165, 1.54) is 12.0 Å². The number of likely N-dealkylation sites (tertiary alicyclic amines) is 1. The van der Waals surface area contributed by atoms with Gasteiger partial charge in [0.15, 0.2) is 0 Å². The predicted octanol–water partition coefficient (Wildman–Crippen LogP) is 3.00. The monoisotopic (exact) mass is 373 g/mol. The lowest BCUT2D eigenvalue weighted by Gasteiger charge is -2.24. The van der Waals surface area contributed by atoms with Crippen LogP contribution in [0.4, 0.5) is 9.18 Å². The number of hydrogen-bond acceptors (Lipinski definition) is 3. The molecule has 1 aliphatic heterocycles. The molecule has 2 aromatic rings. The maximum Gasteiger partial charge on any atom is 0.406 e. The minimum absolute atomic E-state index is 0.0291. The third kappa shape index (κ3) is 3.82. The highest BCUT2D eigenvalue weighted by molar-refractivity contribution is 5.96. The van der Waals surface area contributed by atoms with E-state index in [2.05, 4.69) is 10.1 Å². The lowest BCUT2D eigenvalue weighted by Crippen LogP contribution is -2.43. The van der Waals surface area contributed by atoms with Crippen LogP contribution in [-0.4, -0.2) is 53.9 Å². The van der Waals surface area contributed by atoms with Crippen LogP contribution in [0.25, 0.3) is 5.69 Å². The van der Waals surface area contributed by atoms with E-state index in [0.717, 1.165) is 17.1 Å². The third-order valence-electron chi connectivity index (χ3n) is 4.97. The Morgan fingerprint density at radius 2 is 1.96 bits per heavy atom. The molecule has 2 amide bonds. The van der Waals surface area contributed by atoms with E-state index in [1.54, 1.807) is 0 Å². The van der Waals surface area contributed by atoms with Gasteiger partial charge < -0.3 is 19.5 Å². The number of rotatable bonds is 4. The Bertz CT molecular complexity index is 834. The summed E-state index contributed by atoms with van der Waals surface area (Å²) in [4.78, 5) is 26.0. The number of alkyl carbamates (subject to hydrolysis) is 1. The second-order valence-electron chi connectivity index (χ2n) is 6.77. The SMILES string of the molecule is COC(=O)NC[C@@H]1C[C@H](F)CN1C(=O)c1cc(C)n(-c2ccccc2)c1C. The molecule has 7 heteroatoms. The first kappa shape index (κ1) is 18.9. The van der Waals surface area contributed by atoms with Gasteiger partial charge in [0.2, 0.25) is 0 Å². The molecular weight excluding hydrogens is 349 g/mol. The third-order valence-corrected chi connectivity index (χ3v) is 4.97. The number of ether oxygens (including phenoxy) is 1. The average Bonchev–Trinajstić information content (AvgIpc) is 3.18. The van der Waals surface area contributed by atoms with Gasteiger partial charge in [-0.3, -0.25) is 4.79 Å². The van der Waals surface area contributed by atoms with E-state index in [1.807, 2.05) is 54.8 Å². The molecule has 2 atom stereocenters. The Labute approximate surface area is 157 Å². The molecule has 0 spiro atoms. The summed E-state index contributed by atoms with van der Waals surface area (Å²) in [6, 6.07) is 11.2. The molecule has 0 aliphatic carbocycles. The number of carbonyl (C=O) groups excluding carboxylic acids is 2. The number of halogens is 1. The van der Waals surface area contributed by atoms with Crippen molar-refractivity contribution in [3.63, 3.8) is 0 Å². The first-order chi connectivity index (χ1) is 12.9. The summed E-state index contributed by atoms with van der Waals surface area (Å²) in [6.45, 7) is 4.02. The zero-order chi connectivity index (χ0) is 19.6. The van der Waals surface area contributed by atoms with Crippen LogP contribution in [0.3, 0.4) is 0 Å². The molecular formula is C20H24FN3O3. The van der Waals surface area contributed by atoms with Crippen LogP contribution in [-0.2, 0) is 4.74 Å². The van der Waals surface area contributed by atoms with Crippen molar-refractivity contribution in [1.29, 1.82) is 0 Å². The molecule has 2 heterocycles. The summed E-state index contributed by atoms with van der Waals surface area (Å²) in [6.07, 6.45) is -1.49. The average molecular weight is 373 g/mol. The van der Waals surface area contributed by atoms with Crippen LogP contribution < -0.4 is 5.32 Å². The van der Waals surface area contributed by atoms with Gasteiger partial charge in [-0.2, -0.15) is 0 Å². The highest BCUT2D eigenvalue weighted by Gasteiger charge is 2.37. The van der Waals surface area contributed by atoms with Crippen LogP contribution in [0.1, 0.15) is 28.2 Å². The Kier molecular flexibility index (Phi) is 5.48. The van der Waals surface area contributed by atoms with Gasteiger partial charge in [0.1, 0.15) is 6.17 Å². The van der Waals surface area contributed by atoms with Crippen molar-refractivity contribution < 1.29 is 18.7 Å². The number of para-hydroxylation sites is 1. The smallest absolute Gasteiger partial charge is 0.406 e. The van der Waals surface area contributed by atoms with Crippen LogP contribution in [0.2, 0.25) is 0 Å². The number of amides is 2. The molecule has 6 nitrogen and oxygen atoms in total. The number of aryl methyl sites for hydroxylation is 1. The summed E-state index contributed by atoms with van der Waals surface area (Å²) < 4.78 is 20.6. The van der Waals surface area contributed by atoms with Crippen LogP contribution in [0.15, 0.2) is 36.4 Å². The highest BCUT2D eigenvalue weighted by Crippen LogP contribution is 2.26. The number of benzene rings is 1. The Morgan fingerprint density at radius 3 is 2.63 bits per heavy atom. The zero-order valence-electron chi connectivity index (χ0n) is 15.7. The van der Waals surface area contributed by atoms with Crippen LogP contribution in [0.5, 0.6) is 0 Å². The summed E-state index contributed by atoms with van der Waals surface area (Å²) >= 11 is 0. The molecule has 0 radical (unpaired) electrons. The predicted molar refractivity (Wildman–Crippen MR) is 100.0 cm³/mol. The fourth-order valence-corrected chi connectivity index (χ4v) is 3.68. The number of nitrogens with zero attached hydrogens (tertiary/aromatic N) is 2. The molecule has 3 rings (SSSR count). The van der Waals surface area contributed by atoms with Crippen molar-refractivity contribution in [3.8, 4) is 5.69 Å². The number of nitrogens with one attached hydrogen (secondary N) is 1. The van der Waals surface area contributed by atoms with Crippen molar-refractivity contribution in [2.45, 2.75) is 32.5 Å². The molecule has 0 unspecified atom stereocenters. The zero-order valence-corrected chi connectivity index (χ0v) is 15.7. The normalized spacial score (nSPS) is 19.2. The number of alkyl halides is 1. The second kappa shape index (κ2) is 7.82. The van der Waals surface area contributed by atoms with Gasteiger partial charge in [0.25, 0.3) is 5.91 Å². The van der Waals surface area contributed by atoms with E-state index in [0.29, 0.717) is 5.56 Å². The Balaban J connectivity index is 1.85. The van der Waals surface area contributed by atoms with Crippen molar-refractivity contribution in [2.75, 3.05) is 20.2 Å². The molecule has 0 saturated carbocycles. The second-order valence-corrected chi connectivity index (χ2v) is 6.77. The van der Waals surface area contributed by atoms with Crippen molar-refractivity contribution in [1.82, 2.24) is 14.8 Å². The van der Waals surface area contributed by atoms with Crippen molar-refractivity contribution >= 4 is 12.0 Å². The van der Waals surface area contributed by atoms with Crippen LogP contribution in [0, 0.1) is 13.8 Å². The van der Waals surface area contributed by atoms with Crippen LogP contribution >= 0.6 is 0 Å². The van der Waals surface area contributed by atoms with Gasteiger partial charge in [0.05, 0.1) is 25.3 Å². The van der Waals surface area contributed by atoms with E-state index in [9.17, 15) is 14.0 Å². The standard InChI is InChI=1S/C20H24FN3O3/c1-13-9-18(14(2)24(13)16-7-5-4-6-8-16)19(25)23-12-15(21)10-17(23)11-22-20(26)27-3/h4-9,15,17H,10-12H2,1-3H3,(H,22,26)/t15-,17-/m0/s1. The first-order valence-corrected chi connectivity index (χ1v) is 8.93. The molecule has 1 aromatic carbocycles. The molecule has 27 heavy (non-hydrogen) atoms. The van der Waals surface area contributed by atoms with Gasteiger partial charge in [-0.15, -0.1) is 0 Å². The van der Waals surface area contributed by atoms with E-state index < -0.39 is 18.3 Å². The molecule has 1 aromatic heterocycles. The molecule has 1 saturated heterocycles. The van der Waals surface area contributed by atoms with Crippen molar-refractivity contribution in [2.24, 2.45) is 0 Å². The molecule has 0 bridgehead atoms.